The number of benzene rings is 3. The van der Waals surface area contributed by atoms with Crippen LogP contribution in [0.2, 0.25) is 5.02 Å². The third-order valence-electron chi connectivity index (χ3n) is 4.54. The Hall–Kier alpha value is -3.42. The Labute approximate surface area is 195 Å². The van der Waals surface area contributed by atoms with Crippen molar-refractivity contribution >= 4 is 35.5 Å². The van der Waals surface area contributed by atoms with E-state index in [0.29, 0.717) is 10.2 Å². The molecule has 160 valence electrons. The van der Waals surface area contributed by atoms with Crippen LogP contribution in [-0.2, 0) is 4.79 Å². The highest BCUT2D eigenvalue weighted by Crippen LogP contribution is 2.28. The van der Waals surface area contributed by atoms with E-state index >= 15 is 0 Å². The molecule has 1 heterocycles. The van der Waals surface area contributed by atoms with E-state index in [1.807, 2.05) is 78.2 Å². The van der Waals surface area contributed by atoms with Crippen molar-refractivity contribution in [1.82, 2.24) is 20.2 Å². The first-order chi connectivity index (χ1) is 15.6. The van der Waals surface area contributed by atoms with E-state index in [0.717, 1.165) is 22.6 Å². The number of aromatic nitrogens is 3. The summed E-state index contributed by atoms with van der Waals surface area (Å²) < 4.78 is 1.96. The molecule has 1 amide bonds. The molecule has 0 aliphatic carbocycles. The van der Waals surface area contributed by atoms with E-state index < -0.39 is 0 Å². The lowest BCUT2D eigenvalue weighted by Crippen LogP contribution is -2.20. The van der Waals surface area contributed by atoms with Crippen LogP contribution in [0.3, 0.4) is 0 Å². The third-order valence-corrected chi connectivity index (χ3v) is 5.71. The highest BCUT2D eigenvalue weighted by atomic mass is 35.5. The van der Waals surface area contributed by atoms with Gasteiger partial charge in [0.25, 0.3) is 5.91 Å². The molecule has 0 atom stereocenters. The lowest BCUT2D eigenvalue weighted by Gasteiger charge is -2.10. The minimum Gasteiger partial charge on any atom is -0.272 e. The number of hydrogen-bond acceptors (Lipinski definition) is 5. The molecule has 0 radical (unpaired) electrons. The second-order valence-corrected chi connectivity index (χ2v) is 8.36. The number of hydrazone groups is 1. The van der Waals surface area contributed by atoms with Crippen molar-refractivity contribution in [3.8, 4) is 17.1 Å². The summed E-state index contributed by atoms with van der Waals surface area (Å²) in [5.74, 6) is 0.622. The van der Waals surface area contributed by atoms with Crippen LogP contribution in [0.15, 0.2) is 89.1 Å². The Balaban J connectivity index is 1.49. The molecule has 6 nitrogen and oxygen atoms in total. The third kappa shape index (κ3) is 5.43. The molecule has 0 aliphatic rings. The Morgan fingerprint density at radius 3 is 2.59 bits per heavy atom. The van der Waals surface area contributed by atoms with Crippen LogP contribution in [0.25, 0.3) is 17.1 Å². The van der Waals surface area contributed by atoms with Gasteiger partial charge >= 0.3 is 0 Å². The Morgan fingerprint density at radius 2 is 1.84 bits per heavy atom. The van der Waals surface area contributed by atoms with Gasteiger partial charge in [-0.3, -0.25) is 9.36 Å². The maximum Gasteiger partial charge on any atom is 0.250 e. The van der Waals surface area contributed by atoms with Crippen LogP contribution < -0.4 is 5.43 Å². The van der Waals surface area contributed by atoms with Crippen molar-refractivity contribution in [3.63, 3.8) is 0 Å². The largest absolute Gasteiger partial charge is 0.272 e. The van der Waals surface area contributed by atoms with Gasteiger partial charge in [-0.2, -0.15) is 5.10 Å². The van der Waals surface area contributed by atoms with Gasteiger partial charge in [-0.05, 0) is 36.8 Å². The van der Waals surface area contributed by atoms with Crippen molar-refractivity contribution in [2.45, 2.75) is 12.1 Å². The molecule has 0 fully saturated rings. The quantitative estimate of drug-likeness (QED) is 0.235. The Bertz CT molecular complexity index is 1240. The normalized spacial score (nSPS) is 11.1. The Kier molecular flexibility index (Phi) is 6.99. The number of hydrogen-bond donors (Lipinski definition) is 1. The topological polar surface area (TPSA) is 72.2 Å². The van der Waals surface area contributed by atoms with Gasteiger partial charge < -0.3 is 0 Å². The molecule has 1 aromatic heterocycles. The van der Waals surface area contributed by atoms with Crippen LogP contribution in [0.4, 0.5) is 0 Å². The minimum absolute atomic E-state index is 0.145. The lowest BCUT2D eigenvalue weighted by atomic mass is 10.1. The van der Waals surface area contributed by atoms with Gasteiger partial charge in [0, 0.05) is 16.3 Å². The SMILES string of the molecule is Cc1ccc(-c2nnc(SCC(=O)N/N=C/c3cccc(Cl)c3)n2-c2ccccc2)cc1. The summed E-state index contributed by atoms with van der Waals surface area (Å²) in [7, 11) is 0. The van der Waals surface area contributed by atoms with Crippen LogP contribution >= 0.6 is 23.4 Å². The number of nitrogens with zero attached hydrogens (tertiary/aromatic N) is 4. The zero-order chi connectivity index (χ0) is 22.3. The summed E-state index contributed by atoms with van der Waals surface area (Å²) in [5.41, 5.74) is 6.39. The molecule has 1 N–H and O–H groups in total. The fourth-order valence-electron chi connectivity index (χ4n) is 2.99. The molecule has 0 spiro atoms. The number of carbonyl (C=O) groups is 1. The fourth-order valence-corrected chi connectivity index (χ4v) is 3.93. The summed E-state index contributed by atoms with van der Waals surface area (Å²) in [5, 5.41) is 14.0. The molecule has 0 bridgehead atoms. The van der Waals surface area contributed by atoms with Crippen molar-refractivity contribution in [3.05, 3.63) is 95.0 Å². The van der Waals surface area contributed by atoms with Crippen molar-refractivity contribution < 1.29 is 4.79 Å². The summed E-state index contributed by atoms with van der Waals surface area (Å²) in [6, 6.07) is 25.2. The second-order valence-electron chi connectivity index (χ2n) is 6.98. The lowest BCUT2D eigenvalue weighted by molar-refractivity contribution is -0.118. The van der Waals surface area contributed by atoms with E-state index in [9.17, 15) is 4.79 Å². The first kappa shape index (κ1) is 21.8. The average Bonchev–Trinajstić information content (AvgIpc) is 3.23. The molecule has 0 saturated carbocycles. The molecular weight excluding hydrogens is 442 g/mol. The van der Waals surface area contributed by atoms with Gasteiger partial charge in [-0.15, -0.1) is 10.2 Å². The first-order valence-electron chi connectivity index (χ1n) is 9.88. The van der Waals surface area contributed by atoms with Crippen molar-refractivity contribution in [2.24, 2.45) is 5.10 Å². The molecule has 0 unspecified atom stereocenters. The first-order valence-corrected chi connectivity index (χ1v) is 11.2. The van der Waals surface area contributed by atoms with E-state index in [1.165, 1.54) is 17.3 Å². The summed E-state index contributed by atoms with van der Waals surface area (Å²) in [6.07, 6.45) is 1.55. The molecule has 4 aromatic rings. The van der Waals surface area contributed by atoms with Crippen LogP contribution in [0.5, 0.6) is 0 Å². The maximum absolute atomic E-state index is 12.3. The van der Waals surface area contributed by atoms with Crippen molar-refractivity contribution in [2.75, 3.05) is 5.75 Å². The van der Waals surface area contributed by atoms with E-state index in [2.05, 4.69) is 20.7 Å². The van der Waals surface area contributed by atoms with E-state index in [-0.39, 0.29) is 11.7 Å². The predicted octanol–water partition coefficient (Wildman–Crippen LogP) is 5.14. The van der Waals surface area contributed by atoms with Gasteiger partial charge in [0.2, 0.25) is 0 Å². The van der Waals surface area contributed by atoms with Gasteiger partial charge in [0.05, 0.1) is 12.0 Å². The van der Waals surface area contributed by atoms with Gasteiger partial charge in [0.1, 0.15) is 0 Å². The number of amides is 1. The standard InChI is InChI=1S/C24H20ClN5OS/c1-17-10-12-19(13-11-17)23-28-29-24(30(23)21-8-3-2-4-9-21)32-16-22(31)27-26-15-18-6-5-7-20(25)14-18/h2-15H,16H2,1H3,(H,27,31)/b26-15+. The molecule has 32 heavy (non-hydrogen) atoms. The maximum atomic E-state index is 12.3. The average molecular weight is 462 g/mol. The zero-order valence-electron chi connectivity index (χ0n) is 17.3. The fraction of sp³-hybridized carbons (Fsp3) is 0.0833. The molecular formula is C24H20ClN5OS. The summed E-state index contributed by atoms with van der Waals surface area (Å²) in [4.78, 5) is 12.3. The number of nitrogens with one attached hydrogen (secondary N) is 1. The molecule has 4 rings (SSSR count). The van der Waals surface area contributed by atoms with Crippen molar-refractivity contribution in [1.29, 1.82) is 0 Å². The Morgan fingerprint density at radius 1 is 1.06 bits per heavy atom. The summed E-state index contributed by atoms with van der Waals surface area (Å²) >= 11 is 7.26. The molecule has 3 aromatic carbocycles. The van der Waals surface area contributed by atoms with Gasteiger partial charge in [-0.25, -0.2) is 5.43 Å². The van der Waals surface area contributed by atoms with E-state index in [1.54, 1.807) is 18.3 Å². The number of rotatable bonds is 7. The highest BCUT2D eigenvalue weighted by Gasteiger charge is 2.17. The van der Waals surface area contributed by atoms with Crippen LogP contribution in [0.1, 0.15) is 11.1 Å². The molecule has 0 aliphatic heterocycles. The van der Waals surface area contributed by atoms with Crippen LogP contribution in [0, 0.1) is 6.92 Å². The second kappa shape index (κ2) is 10.3. The van der Waals surface area contributed by atoms with Crippen LogP contribution in [-0.4, -0.2) is 32.6 Å². The number of para-hydroxylation sites is 1. The summed E-state index contributed by atoms with van der Waals surface area (Å²) in [6.45, 7) is 2.04. The van der Waals surface area contributed by atoms with E-state index in [4.69, 9.17) is 11.6 Å². The molecule has 0 saturated heterocycles. The number of halogens is 1. The highest BCUT2D eigenvalue weighted by molar-refractivity contribution is 7.99. The minimum atomic E-state index is -0.243. The van der Waals surface area contributed by atoms with Gasteiger partial charge in [-0.1, -0.05) is 83.5 Å². The predicted molar refractivity (Wildman–Crippen MR) is 129 cm³/mol. The van der Waals surface area contributed by atoms with Gasteiger partial charge in [0.15, 0.2) is 11.0 Å². The zero-order valence-corrected chi connectivity index (χ0v) is 18.8. The number of carbonyl (C=O) groups excluding carboxylic acids is 1. The smallest absolute Gasteiger partial charge is 0.250 e. The number of aryl methyl sites for hydroxylation is 1. The monoisotopic (exact) mass is 461 g/mol. The number of thioether (sulfide) groups is 1. The molecule has 8 heteroatoms.